The lowest BCUT2D eigenvalue weighted by Crippen LogP contribution is -2.14. The third kappa shape index (κ3) is 7.79. The minimum Gasteiger partial charge on any atom is -0.494 e. The van der Waals surface area contributed by atoms with Crippen LogP contribution in [0.3, 0.4) is 0 Å². The van der Waals surface area contributed by atoms with Crippen molar-refractivity contribution in [3.8, 4) is 11.8 Å². The van der Waals surface area contributed by atoms with Crippen molar-refractivity contribution >= 4 is 17.7 Å². The first-order valence-electron chi connectivity index (χ1n) is 10.0. The predicted octanol–water partition coefficient (Wildman–Crippen LogP) is 6.11. The van der Waals surface area contributed by atoms with Gasteiger partial charge in [0.05, 0.1) is 12.3 Å². The monoisotopic (exact) mass is 394 g/mol. The molecule has 0 heterocycles. The first-order valence-corrected chi connectivity index (χ1v) is 10.0. The summed E-state index contributed by atoms with van der Waals surface area (Å²) in [5.74, 6) is -0.448. The molecule has 0 aromatic heterocycles. The third-order valence-electron chi connectivity index (χ3n) is 4.44. The van der Waals surface area contributed by atoms with E-state index >= 15 is 0 Å². The first-order chi connectivity index (χ1) is 14.1. The van der Waals surface area contributed by atoms with Crippen LogP contribution in [0.2, 0.25) is 0 Å². The Labute approximate surface area is 172 Å². The number of nitriles is 1. The number of para-hydroxylation sites is 1. The number of nitrogens with one attached hydrogen (secondary N) is 1. The van der Waals surface area contributed by atoms with Crippen LogP contribution in [0.25, 0.3) is 6.08 Å². The summed E-state index contributed by atoms with van der Waals surface area (Å²) in [6, 6.07) is 14.9. The van der Waals surface area contributed by atoms with E-state index in [-0.39, 0.29) is 11.3 Å². The van der Waals surface area contributed by atoms with E-state index in [9.17, 15) is 14.4 Å². The minimum absolute atomic E-state index is 0.0390. The molecule has 0 fully saturated rings. The van der Waals surface area contributed by atoms with Crippen LogP contribution in [0.15, 0.2) is 54.1 Å². The van der Waals surface area contributed by atoms with Crippen molar-refractivity contribution in [1.82, 2.24) is 0 Å². The fraction of sp³-hybridized carbons (Fsp3) is 0.333. The molecule has 0 aliphatic carbocycles. The van der Waals surface area contributed by atoms with Crippen molar-refractivity contribution < 1.29 is 13.9 Å². The van der Waals surface area contributed by atoms with Gasteiger partial charge in [-0.05, 0) is 42.3 Å². The van der Waals surface area contributed by atoms with Crippen LogP contribution in [0.4, 0.5) is 10.1 Å². The van der Waals surface area contributed by atoms with Crippen molar-refractivity contribution in [3.05, 3.63) is 65.5 Å². The summed E-state index contributed by atoms with van der Waals surface area (Å²) in [6.07, 6.45) is 8.72. The van der Waals surface area contributed by atoms with Crippen LogP contribution in [0.1, 0.15) is 51.0 Å². The summed E-state index contributed by atoms with van der Waals surface area (Å²) in [4.78, 5) is 12.2. The zero-order valence-electron chi connectivity index (χ0n) is 16.8. The highest BCUT2D eigenvalue weighted by molar-refractivity contribution is 6.09. The average Bonchev–Trinajstić information content (AvgIpc) is 2.74. The molecule has 0 aliphatic heterocycles. The summed E-state index contributed by atoms with van der Waals surface area (Å²) in [7, 11) is 0. The van der Waals surface area contributed by atoms with Gasteiger partial charge in [-0.1, -0.05) is 63.3 Å². The van der Waals surface area contributed by atoms with Gasteiger partial charge >= 0.3 is 0 Å². The molecule has 1 N–H and O–H groups in total. The number of ether oxygens (including phenoxy) is 1. The SMILES string of the molecule is CCCCCCCCOc1ccc(C=C(C#N)C(=O)Nc2ccccc2F)cc1. The Hall–Kier alpha value is -3.13. The highest BCUT2D eigenvalue weighted by Crippen LogP contribution is 2.17. The van der Waals surface area contributed by atoms with E-state index in [2.05, 4.69) is 12.2 Å². The van der Waals surface area contributed by atoms with Crippen LogP contribution in [-0.2, 0) is 4.79 Å². The van der Waals surface area contributed by atoms with Crippen LogP contribution < -0.4 is 10.1 Å². The maximum atomic E-state index is 13.7. The number of benzene rings is 2. The fourth-order valence-corrected chi connectivity index (χ4v) is 2.80. The molecular formula is C24H27FN2O2. The van der Waals surface area contributed by atoms with Crippen molar-refractivity contribution in [2.24, 2.45) is 0 Å². The molecule has 5 heteroatoms. The van der Waals surface area contributed by atoms with Gasteiger partial charge in [0.1, 0.15) is 23.2 Å². The number of anilines is 1. The Morgan fingerprint density at radius 3 is 2.45 bits per heavy atom. The zero-order chi connectivity index (χ0) is 20.9. The van der Waals surface area contributed by atoms with E-state index in [1.54, 1.807) is 18.2 Å². The van der Waals surface area contributed by atoms with Gasteiger partial charge in [0.25, 0.3) is 5.91 Å². The Bertz CT molecular complexity index is 854. The lowest BCUT2D eigenvalue weighted by atomic mass is 10.1. The molecule has 2 aromatic rings. The minimum atomic E-state index is -0.652. The number of nitrogens with zero attached hydrogens (tertiary/aromatic N) is 1. The second-order valence-corrected chi connectivity index (χ2v) is 6.79. The van der Waals surface area contributed by atoms with Gasteiger partial charge in [-0.2, -0.15) is 5.26 Å². The summed E-state index contributed by atoms with van der Waals surface area (Å²) >= 11 is 0. The van der Waals surface area contributed by atoms with Crippen LogP contribution in [0, 0.1) is 17.1 Å². The van der Waals surface area contributed by atoms with Gasteiger partial charge in [0.15, 0.2) is 0 Å². The zero-order valence-corrected chi connectivity index (χ0v) is 16.8. The van der Waals surface area contributed by atoms with Crippen LogP contribution in [0.5, 0.6) is 5.75 Å². The third-order valence-corrected chi connectivity index (χ3v) is 4.44. The Balaban J connectivity index is 1.87. The number of halogens is 1. The van der Waals surface area contributed by atoms with E-state index < -0.39 is 11.7 Å². The van der Waals surface area contributed by atoms with Gasteiger partial charge in [-0.15, -0.1) is 0 Å². The standard InChI is InChI=1S/C24H27FN2O2/c1-2-3-4-5-6-9-16-29-21-14-12-19(13-15-21)17-20(18-26)24(28)27-23-11-8-7-10-22(23)25/h7-8,10-15,17H,2-6,9,16H2,1H3,(H,27,28). The molecule has 29 heavy (non-hydrogen) atoms. The molecule has 0 saturated heterocycles. The molecule has 1 amide bonds. The summed E-state index contributed by atoms with van der Waals surface area (Å²) in [5.41, 5.74) is 0.628. The molecule has 4 nitrogen and oxygen atoms in total. The lowest BCUT2D eigenvalue weighted by Gasteiger charge is -2.07. The predicted molar refractivity (Wildman–Crippen MR) is 114 cm³/mol. The molecule has 2 aromatic carbocycles. The summed E-state index contributed by atoms with van der Waals surface area (Å²) in [6.45, 7) is 2.88. The molecule has 0 atom stereocenters. The van der Waals surface area contributed by atoms with Gasteiger partial charge in [0.2, 0.25) is 0 Å². The number of amides is 1. The number of rotatable bonds is 11. The molecule has 152 valence electrons. The molecular weight excluding hydrogens is 367 g/mol. The van der Waals surface area contributed by atoms with E-state index in [1.807, 2.05) is 18.2 Å². The number of carbonyl (C=O) groups excluding carboxylic acids is 1. The normalized spacial score (nSPS) is 11.0. The number of unbranched alkanes of at least 4 members (excludes halogenated alkanes) is 5. The van der Waals surface area contributed by atoms with E-state index in [0.29, 0.717) is 12.2 Å². The maximum Gasteiger partial charge on any atom is 0.266 e. The average molecular weight is 394 g/mol. The van der Waals surface area contributed by atoms with Crippen molar-refractivity contribution in [2.45, 2.75) is 45.4 Å². The molecule has 0 aliphatic rings. The van der Waals surface area contributed by atoms with Crippen molar-refractivity contribution in [1.29, 1.82) is 5.26 Å². The second kappa shape index (κ2) is 12.4. The van der Waals surface area contributed by atoms with Crippen LogP contribution in [-0.4, -0.2) is 12.5 Å². The largest absolute Gasteiger partial charge is 0.494 e. The molecule has 0 unspecified atom stereocenters. The highest BCUT2D eigenvalue weighted by atomic mass is 19.1. The topological polar surface area (TPSA) is 62.1 Å². The number of hydrogen-bond donors (Lipinski definition) is 1. The maximum absolute atomic E-state index is 13.7. The Morgan fingerprint density at radius 1 is 1.07 bits per heavy atom. The van der Waals surface area contributed by atoms with E-state index in [1.165, 1.54) is 56.4 Å². The van der Waals surface area contributed by atoms with Gasteiger partial charge in [0, 0.05) is 0 Å². The van der Waals surface area contributed by atoms with E-state index in [4.69, 9.17) is 4.74 Å². The summed E-state index contributed by atoms with van der Waals surface area (Å²) < 4.78 is 19.4. The molecule has 0 bridgehead atoms. The molecule has 0 spiro atoms. The highest BCUT2D eigenvalue weighted by Gasteiger charge is 2.11. The lowest BCUT2D eigenvalue weighted by molar-refractivity contribution is -0.112. The number of carbonyl (C=O) groups is 1. The number of hydrogen-bond acceptors (Lipinski definition) is 3. The van der Waals surface area contributed by atoms with Gasteiger partial charge in [-0.3, -0.25) is 4.79 Å². The molecule has 0 saturated carbocycles. The molecule has 2 rings (SSSR count). The van der Waals surface area contributed by atoms with Gasteiger partial charge in [-0.25, -0.2) is 4.39 Å². The smallest absolute Gasteiger partial charge is 0.266 e. The second-order valence-electron chi connectivity index (χ2n) is 6.79. The van der Waals surface area contributed by atoms with Crippen molar-refractivity contribution in [2.75, 3.05) is 11.9 Å². The van der Waals surface area contributed by atoms with Crippen LogP contribution >= 0.6 is 0 Å². The Morgan fingerprint density at radius 2 is 1.76 bits per heavy atom. The molecule has 0 radical (unpaired) electrons. The quantitative estimate of drug-likeness (QED) is 0.284. The van der Waals surface area contributed by atoms with E-state index in [0.717, 1.165) is 12.2 Å². The first kappa shape index (κ1) is 22.2. The fourth-order valence-electron chi connectivity index (χ4n) is 2.80. The van der Waals surface area contributed by atoms with Crippen molar-refractivity contribution in [3.63, 3.8) is 0 Å². The Kier molecular flexibility index (Phi) is 9.44. The van der Waals surface area contributed by atoms with Gasteiger partial charge < -0.3 is 10.1 Å². The summed E-state index contributed by atoms with van der Waals surface area (Å²) in [5, 5.41) is 11.7.